The van der Waals surface area contributed by atoms with Crippen LogP contribution < -0.4 is 5.32 Å². The fourth-order valence-electron chi connectivity index (χ4n) is 2.24. The van der Waals surface area contributed by atoms with Crippen molar-refractivity contribution in [1.82, 2.24) is 5.32 Å². The summed E-state index contributed by atoms with van der Waals surface area (Å²) in [7, 11) is 0. The van der Waals surface area contributed by atoms with E-state index in [-0.39, 0.29) is 0 Å². The van der Waals surface area contributed by atoms with Crippen molar-refractivity contribution in [1.29, 1.82) is 0 Å². The standard InChI is InChI=1S/C16H21NS/c1-3-5-13-6-8-14(9-7-13)16(17-4-2)15-10-11-18-12-15/h6-12,16-17H,3-5H2,1-2H3. The van der Waals surface area contributed by atoms with Crippen LogP contribution in [0.15, 0.2) is 41.1 Å². The first-order valence-electron chi connectivity index (χ1n) is 6.69. The summed E-state index contributed by atoms with van der Waals surface area (Å²) in [4.78, 5) is 0. The molecule has 1 heterocycles. The summed E-state index contributed by atoms with van der Waals surface area (Å²) in [5, 5.41) is 7.93. The maximum atomic E-state index is 3.56. The highest BCUT2D eigenvalue weighted by atomic mass is 32.1. The highest BCUT2D eigenvalue weighted by Crippen LogP contribution is 2.24. The Balaban J connectivity index is 2.20. The topological polar surface area (TPSA) is 12.0 Å². The van der Waals surface area contributed by atoms with Crippen LogP contribution in [0.1, 0.15) is 43.0 Å². The maximum absolute atomic E-state index is 3.56. The van der Waals surface area contributed by atoms with E-state index in [1.54, 1.807) is 11.3 Å². The SMILES string of the molecule is CCCc1ccc(C(NCC)c2ccsc2)cc1. The van der Waals surface area contributed by atoms with Gasteiger partial charge in [0.05, 0.1) is 6.04 Å². The Bertz CT molecular complexity index is 444. The average Bonchev–Trinajstić information content (AvgIpc) is 2.91. The third kappa shape index (κ3) is 3.21. The van der Waals surface area contributed by atoms with Crippen LogP contribution in [-0.4, -0.2) is 6.54 Å². The average molecular weight is 259 g/mol. The Morgan fingerprint density at radius 2 is 1.83 bits per heavy atom. The molecule has 1 atom stereocenters. The molecule has 0 bridgehead atoms. The third-order valence-electron chi connectivity index (χ3n) is 3.14. The van der Waals surface area contributed by atoms with E-state index in [1.807, 2.05) is 0 Å². The summed E-state index contributed by atoms with van der Waals surface area (Å²) < 4.78 is 0. The monoisotopic (exact) mass is 259 g/mol. The summed E-state index contributed by atoms with van der Waals surface area (Å²) in [6.07, 6.45) is 2.38. The zero-order valence-corrected chi connectivity index (χ0v) is 12.0. The molecular formula is C16H21NS. The number of thiophene rings is 1. The molecule has 2 aromatic rings. The second kappa shape index (κ2) is 6.72. The summed E-state index contributed by atoms with van der Waals surface area (Å²) in [6, 6.07) is 11.6. The fourth-order valence-corrected chi connectivity index (χ4v) is 2.92. The maximum Gasteiger partial charge on any atom is 0.0584 e. The van der Waals surface area contributed by atoms with Gasteiger partial charge >= 0.3 is 0 Å². The molecule has 2 heteroatoms. The quantitative estimate of drug-likeness (QED) is 0.811. The van der Waals surface area contributed by atoms with E-state index >= 15 is 0 Å². The minimum absolute atomic E-state index is 0.330. The lowest BCUT2D eigenvalue weighted by Gasteiger charge is -2.17. The van der Waals surface area contributed by atoms with Crippen molar-refractivity contribution in [3.05, 3.63) is 57.8 Å². The molecule has 1 aromatic heterocycles. The Labute approximate surface area is 114 Å². The molecule has 0 aliphatic rings. The van der Waals surface area contributed by atoms with Gasteiger partial charge < -0.3 is 5.32 Å². The normalized spacial score (nSPS) is 12.6. The molecule has 0 saturated heterocycles. The van der Waals surface area contributed by atoms with E-state index in [2.05, 4.69) is 60.3 Å². The summed E-state index contributed by atoms with van der Waals surface area (Å²) in [5.41, 5.74) is 4.15. The predicted octanol–water partition coefficient (Wildman–Crippen LogP) is 4.40. The highest BCUT2D eigenvalue weighted by Gasteiger charge is 2.12. The number of hydrogen-bond donors (Lipinski definition) is 1. The number of hydrogen-bond acceptors (Lipinski definition) is 2. The van der Waals surface area contributed by atoms with Gasteiger partial charge in [0.1, 0.15) is 0 Å². The minimum Gasteiger partial charge on any atom is -0.307 e. The molecule has 0 radical (unpaired) electrons. The van der Waals surface area contributed by atoms with E-state index in [1.165, 1.54) is 29.5 Å². The van der Waals surface area contributed by atoms with Gasteiger partial charge in [-0.3, -0.25) is 0 Å². The van der Waals surface area contributed by atoms with Crippen LogP contribution in [0.3, 0.4) is 0 Å². The van der Waals surface area contributed by atoms with Crippen molar-refractivity contribution in [2.75, 3.05) is 6.54 Å². The van der Waals surface area contributed by atoms with Crippen LogP contribution in [0.2, 0.25) is 0 Å². The molecule has 18 heavy (non-hydrogen) atoms. The number of benzene rings is 1. The van der Waals surface area contributed by atoms with E-state index in [4.69, 9.17) is 0 Å². The smallest absolute Gasteiger partial charge is 0.0584 e. The predicted molar refractivity (Wildman–Crippen MR) is 80.3 cm³/mol. The van der Waals surface area contributed by atoms with Crippen LogP contribution in [0.4, 0.5) is 0 Å². The Morgan fingerprint density at radius 3 is 2.39 bits per heavy atom. The Hall–Kier alpha value is -1.12. The molecule has 0 aliphatic carbocycles. The second-order valence-corrected chi connectivity index (χ2v) is 5.32. The van der Waals surface area contributed by atoms with Crippen LogP contribution in [0, 0.1) is 0 Å². The largest absolute Gasteiger partial charge is 0.307 e. The number of nitrogens with one attached hydrogen (secondary N) is 1. The van der Waals surface area contributed by atoms with Gasteiger partial charge in [0.15, 0.2) is 0 Å². The van der Waals surface area contributed by atoms with Crippen molar-refractivity contribution in [2.24, 2.45) is 0 Å². The molecule has 1 nitrogen and oxygen atoms in total. The number of aryl methyl sites for hydroxylation is 1. The first-order chi connectivity index (χ1) is 8.85. The zero-order chi connectivity index (χ0) is 12.8. The molecular weight excluding hydrogens is 238 g/mol. The first kappa shape index (κ1) is 13.3. The van der Waals surface area contributed by atoms with Gasteiger partial charge in [-0.1, -0.05) is 44.5 Å². The summed E-state index contributed by atoms with van der Waals surface area (Å²) in [5.74, 6) is 0. The lowest BCUT2D eigenvalue weighted by molar-refractivity contribution is 0.632. The number of rotatable bonds is 6. The van der Waals surface area contributed by atoms with Crippen molar-refractivity contribution >= 4 is 11.3 Å². The van der Waals surface area contributed by atoms with Crippen molar-refractivity contribution < 1.29 is 0 Å². The molecule has 0 spiro atoms. The zero-order valence-electron chi connectivity index (χ0n) is 11.1. The van der Waals surface area contributed by atoms with Crippen LogP contribution >= 0.6 is 11.3 Å². The fraction of sp³-hybridized carbons (Fsp3) is 0.375. The molecule has 1 unspecified atom stereocenters. The van der Waals surface area contributed by atoms with Crippen LogP contribution in [-0.2, 0) is 6.42 Å². The molecule has 1 N–H and O–H groups in total. The summed E-state index contributed by atoms with van der Waals surface area (Å²) in [6.45, 7) is 5.36. The van der Waals surface area contributed by atoms with Gasteiger partial charge in [-0.05, 0) is 46.5 Å². The van der Waals surface area contributed by atoms with E-state index in [0.29, 0.717) is 6.04 Å². The molecule has 2 rings (SSSR count). The Morgan fingerprint density at radius 1 is 1.06 bits per heavy atom. The van der Waals surface area contributed by atoms with Gasteiger partial charge in [0, 0.05) is 0 Å². The van der Waals surface area contributed by atoms with Crippen molar-refractivity contribution in [2.45, 2.75) is 32.7 Å². The van der Waals surface area contributed by atoms with E-state index in [0.717, 1.165) is 6.54 Å². The highest BCUT2D eigenvalue weighted by molar-refractivity contribution is 7.08. The van der Waals surface area contributed by atoms with Crippen molar-refractivity contribution in [3.63, 3.8) is 0 Å². The molecule has 0 amide bonds. The molecule has 0 saturated carbocycles. The van der Waals surface area contributed by atoms with Crippen LogP contribution in [0.5, 0.6) is 0 Å². The van der Waals surface area contributed by atoms with Crippen LogP contribution in [0.25, 0.3) is 0 Å². The van der Waals surface area contributed by atoms with E-state index < -0.39 is 0 Å². The molecule has 1 aromatic carbocycles. The third-order valence-corrected chi connectivity index (χ3v) is 3.84. The van der Waals surface area contributed by atoms with Gasteiger partial charge in [-0.25, -0.2) is 0 Å². The molecule has 0 fully saturated rings. The second-order valence-electron chi connectivity index (χ2n) is 4.54. The summed E-state index contributed by atoms with van der Waals surface area (Å²) >= 11 is 1.76. The van der Waals surface area contributed by atoms with Crippen molar-refractivity contribution in [3.8, 4) is 0 Å². The van der Waals surface area contributed by atoms with Gasteiger partial charge in [0.25, 0.3) is 0 Å². The van der Waals surface area contributed by atoms with Gasteiger partial charge in [-0.2, -0.15) is 11.3 Å². The van der Waals surface area contributed by atoms with E-state index in [9.17, 15) is 0 Å². The lowest BCUT2D eigenvalue weighted by atomic mass is 9.99. The molecule has 0 aliphatic heterocycles. The molecule has 96 valence electrons. The van der Waals surface area contributed by atoms with Gasteiger partial charge in [0.2, 0.25) is 0 Å². The first-order valence-corrected chi connectivity index (χ1v) is 7.63. The lowest BCUT2D eigenvalue weighted by Crippen LogP contribution is -2.21. The van der Waals surface area contributed by atoms with Gasteiger partial charge in [-0.15, -0.1) is 0 Å². The minimum atomic E-state index is 0.330. The Kier molecular flexibility index (Phi) is 4.97.